The fourth-order valence-corrected chi connectivity index (χ4v) is 12.0. The molecule has 0 aromatic heterocycles. The summed E-state index contributed by atoms with van der Waals surface area (Å²) in [5.74, 6) is 5.84. The molecule has 4 aliphatic carbocycles. The smallest absolute Gasteiger partial charge is 0.428 e. The van der Waals surface area contributed by atoms with Gasteiger partial charge in [-0.15, -0.1) is 0 Å². The lowest BCUT2D eigenvalue weighted by Crippen LogP contribution is -2.33. The molecule has 6 rings (SSSR count). The van der Waals surface area contributed by atoms with Crippen molar-refractivity contribution in [3.8, 4) is 11.5 Å². The predicted molar refractivity (Wildman–Crippen MR) is 257 cm³/mol. The number of benzene rings is 2. The molecule has 382 valence electrons. The molecule has 0 heterocycles. The van der Waals surface area contributed by atoms with Crippen molar-refractivity contribution >= 4 is 0 Å². The lowest BCUT2D eigenvalue weighted by molar-refractivity contribution is -0.253. The quantitative estimate of drug-likeness (QED) is 0.0729. The Morgan fingerprint density at radius 3 is 0.910 bits per heavy atom. The zero-order valence-corrected chi connectivity index (χ0v) is 41.2. The van der Waals surface area contributed by atoms with Gasteiger partial charge in [0.1, 0.15) is 11.5 Å². The molecule has 4 saturated carbocycles. The molecular weight excluding hydrogens is 869 g/mol. The van der Waals surface area contributed by atoms with E-state index in [0.29, 0.717) is 11.8 Å². The fourth-order valence-electron chi connectivity index (χ4n) is 12.0. The predicted octanol–water partition coefficient (Wildman–Crippen LogP) is 19.9. The third-order valence-electron chi connectivity index (χ3n) is 16.5. The molecule has 0 unspecified atom stereocenters. The molecule has 0 saturated heterocycles. The summed E-state index contributed by atoms with van der Waals surface area (Å²) < 4.78 is 110. The zero-order chi connectivity index (χ0) is 48.1. The molecule has 4 aliphatic rings. The Morgan fingerprint density at radius 2 is 0.627 bits per heavy atom. The number of hydrogen-bond acceptors (Lipinski definition) is 2. The van der Waals surface area contributed by atoms with Crippen LogP contribution in [-0.2, 0) is 0 Å². The van der Waals surface area contributed by atoms with Crippen LogP contribution in [0.4, 0.5) is 35.1 Å². The zero-order valence-electron chi connectivity index (χ0n) is 41.2. The van der Waals surface area contributed by atoms with Crippen LogP contribution < -0.4 is 9.47 Å². The minimum absolute atomic E-state index is 0.214. The molecule has 2 nitrogen and oxygen atoms in total. The highest BCUT2D eigenvalue weighted by atomic mass is 19.3. The van der Waals surface area contributed by atoms with Gasteiger partial charge >= 0.3 is 25.1 Å². The molecule has 0 atom stereocenters. The second kappa shape index (κ2) is 29.0. The first kappa shape index (κ1) is 55.4. The van der Waals surface area contributed by atoms with Crippen LogP contribution in [0, 0.1) is 35.5 Å². The van der Waals surface area contributed by atoms with E-state index in [9.17, 15) is 35.1 Å². The average Bonchev–Trinajstić information content (AvgIpc) is 3.33. The van der Waals surface area contributed by atoms with E-state index < -0.39 is 25.1 Å². The Labute approximate surface area is 399 Å². The van der Waals surface area contributed by atoms with Crippen LogP contribution in [0.2, 0.25) is 0 Å². The minimum Gasteiger partial charge on any atom is -0.428 e. The first-order valence-corrected chi connectivity index (χ1v) is 27.1. The third-order valence-corrected chi connectivity index (χ3v) is 16.5. The molecule has 2 aromatic rings. The van der Waals surface area contributed by atoms with Crippen LogP contribution >= 0.6 is 0 Å². The number of rotatable bonds is 25. The summed E-state index contributed by atoms with van der Waals surface area (Å²) in [6, 6.07) is 12.6. The highest BCUT2D eigenvalue weighted by Crippen LogP contribution is 2.43. The summed E-state index contributed by atoms with van der Waals surface area (Å²) in [4.78, 5) is 0. The molecular formula is C57H86F8O2. The second-order valence-corrected chi connectivity index (χ2v) is 21.5. The molecule has 0 N–H and O–H groups in total. The highest BCUT2D eigenvalue weighted by Gasteiger charge is 2.45. The molecule has 0 spiro atoms. The van der Waals surface area contributed by atoms with Crippen molar-refractivity contribution in [2.45, 2.75) is 250 Å². The number of ether oxygens (including phenoxy) is 2. The van der Waals surface area contributed by atoms with Crippen molar-refractivity contribution in [2.75, 3.05) is 0 Å². The molecule has 10 heteroatoms. The van der Waals surface area contributed by atoms with Crippen LogP contribution in [0.25, 0.3) is 0 Å². The molecule has 0 radical (unpaired) electrons. The Kier molecular flexibility index (Phi) is 24.0. The van der Waals surface area contributed by atoms with Crippen molar-refractivity contribution in [3.63, 3.8) is 0 Å². The van der Waals surface area contributed by atoms with Crippen LogP contribution in [0.3, 0.4) is 0 Å². The van der Waals surface area contributed by atoms with Crippen LogP contribution in [0.5, 0.6) is 11.5 Å². The lowest BCUT2D eigenvalue weighted by atomic mass is 9.74. The van der Waals surface area contributed by atoms with Gasteiger partial charge in [-0.05, 0) is 134 Å². The van der Waals surface area contributed by atoms with E-state index in [-0.39, 0.29) is 11.5 Å². The van der Waals surface area contributed by atoms with Crippen LogP contribution in [-0.4, -0.2) is 25.1 Å². The highest BCUT2D eigenvalue weighted by molar-refractivity contribution is 5.31. The maximum absolute atomic E-state index is 13.1. The first-order chi connectivity index (χ1) is 32.2. The summed E-state index contributed by atoms with van der Waals surface area (Å²) >= 11 is 0. The SMILES string of the molecule is CCCCCCC1CCC(CCC2CCC(c3ccc(OC(F)(F)C(F)F)cc3)CC2)CC1.CCCCCCCC1CCC(CCC2CCC(c3ccc(OC(F)(F)C(F)F)cc3)CC2)CC1. The van der Waals surface area contributed by atoms with E-state index in [1.807, 2.05) is 0 Å². The van der Waals surface area contributed by atoms with E-state index in [1.54, 1.807) is 24.3 Å². The number of alkyl halides is 8. The fraction of sp³-hybridized carbons (Fsp3) is 0.789. The summed E-state index contributed by atoms with van der Waals surface area (Å²) in [5.41, 5.74) is 2.19. The van der Waals surface area contributed by atoms with Gasteiger partial charge in [0.25, 0.3) is 0 Å². The van der Waals surface area contributed by atoms with Gasteiger partial charge in [-0.3, -0.25) is 0 Å². The average molecular weight is 955 g/mol. The monoisotopic (exact) mass is 955 g/mol. The van der Waals surface area contributed by atoms with Crippen LogP contribution in [0.1, 0.15) is 236 Å². The Bertz CT molecular complexity index is 1570. The Morgan fingerprint density at radius 1 is 0.373 bits per heavy atom. The third kappa shape index (κ3) is 19.7. The maximum atomic E-state index is 13.1. The summed E-state index contributed by atoms with van der Waals surface area (Å²) in [6.45, 7) is 4.55. The summed E-state index contributed by atoms with van der Waals surface area (Å²) in [6.07, 6.45) is 25.1. The normalized spacial score (nSPS) is 26.3. The van der Waals surface area contributed by atoms with Crippen molar-refractivity contribution in [1.29, 1.82) is 0 Å². The van der Waals surface area contributed by atoms with Crippen molar-refractivity contribution < 1.29 is 44.6 Å². The standard InChI is InChI=1S/C29H44F4O.C28H42F4O/c1-2-3-4-5-6-7-22-8-10-23(11-9-22)12-13-24-14-16-25(17-15-24)26-18-20-27(21-19-26)34-29(32,33)28(30)31;1-2-3-4-5-6-21-7-9-22(10-8-21)11-12-23-13-15-24(16-14-23)25-17-19-26(20-18-25)33-28(31,32)27(29)30/h18-25,28H,2-17H2,1H3;17-24,27H,2-16H2,1H3. The van der Waals surface area contributed by atoms with Gasteiger partial charge in [-0.1, -0.05) is 186 Å². The molecule has 4 fully saturated rings. The van der Waals surface area contributed by atoms with Crippen molar-refractivity contribution in [3.05, 3.63) is 59.7 Å². The number of hydrogen-bond donors (Lipinski definition) is 0. The largest absolute Gasteiger partial charge is 0.461 e. The van der Waals surface area contributed by atoms with Gasteiger partial charge in [0.05, 0.1) is 0 Å². The number of unbranched alkanes of at least 4 members (excludes halogenated alkanes) is 7. The van der Waals surface area contributed by atoms with E-state index >= 15 is 0 Å². The minimum atomic E-state index is -4.45. The van der Waals surface area contributed by atoms with E-state index in [0.717, 1.165) is 72.3 Å². The summed E-state index contributed by atoms with van der Waals surface area (Å²) in [7, 11) is 0. The first-order valence-electron chi connectivity index (χ1n) is 27.1. The van der Waals surface area contributed by atoms with Gasteiger partial charge in [-0.2, -0.15) is 35.1 Å². The van der Waals surface area contributed by atoms with Crippen molar-refractivity contribution in [2.24, 2.45) is 35.5 Å². The van der Waals surface area contributed by atoms with E-state index in [2.05, 4.69) is 23.3 Å². The maximum Gasteiger partial charge on any atom is 0.461 e. The van der Waals surface area contributed by atoms with Gasteiger partial charge in [0, 0.05) is 0 Å². The molecule has 0 bridgehead atoms. The lowest BCUT2D eigenvalue weighted by Gasteiger charge is -2.32. The van der Waals surface area contributed by atoms with Gasteiger partial charge in [-0.25, -0.2) is 0 Å². The van der Waals surface area contributed by atoms with E-state index in [4.69, 9.17) is 0 Å². The second-order valence-electron chi connectivity index (χ2n) is 21.5. The van der Waals surface area contributed by atoms with E-state index in [1.165, 1.54) is 198 Å². The summed E-state index contributed by atoms with van der Waals surface area (Å²) in [5, 5.41) is 0. The molecule has 0 amide bonds. The Balaban J connectivity index is 0.000000251. The molecule has 67 heavy (non-hydrogen) atoms. The van der Waals surface area contributed by atoms with Crippen molar-refractivity contribution in [1.82, 2.24) is 0 Å². The topological polar surface area (TPSA) is 18.5 Å². The molecule has 0 aliphatic heterocycles. The van der Waals surface area contributed by atoms with Gasteiger partial charge < -0.3 is 9.47 Å². The van der Waals surface area contributed by atoms with Gasteiger partial charge in [0.15, 0.2) is 0 Å². The van der Waals surface area contributed by atoms with Gasteiger partial charge in [0.2, 0.25) is 0 Å². The Hall–Kier alpha value is -2.52. The van der Waals surface area contributed by atoms with Crippen LogP contribution in [0.15, 0.2) is 48.5 Å². The molecule has 2 aromatic carbocycles. The number of halogens is 8.